The summed E-state index contributed by atoms with van der Waals surface area (Å²) in [6, 6.07) is 0. The van der Waals surface area contributed by atoms with E-state index in [9.17, 15) is 0 Å². The van der Waals surface area contributed by atoms with Crippen molar-refractivity contribution < 1.29 is 15.2 Å². The molecule has 1 aliphatic rings. The first-order valence-electron chi connectivity index (χ1n) is 2.36. The summed E-state index contributed by atoms with van der Waals surface area (Å²) in [7, 11) is 0. The molecule has 0 radical (unpaired) electrons. The molecule has 3 heteroatoms. The van der Waals surface area contributed by atoms with E-state index in [1.165, 1.54) is 12.8 Å². The quantitative estimate of drug-likeness (QED) is 0.425. The first-order valence-corrected chi connectivity index (χ1v) is 2.36. The van der Waals surface area contributed by atoms with Crippen LogP contribution in [0.4, 0.5) is 0 Å². The predicted octanol–water partition coefficient (Wildman–Crippen LogP) is 0.818. The van der Waals surface area contributed by atoms with E-state index in [0.717, 1.165) is 0 Å². The SMILES string of the molecule is OOOCC1CC1. The molecule has 0 saturated heterocycles. The standard InChI is InChI=1S/C4H8O3/c5-7-6-3-4-1-2-4/h4-5H,1-3H2. The van der Waals surface area contributed by atoms with Gasteiger partial charge < -0.3 is 0 Å². The maximum absolute atomic E-state index is 7.62. The second kappa shape index (κ2) is 2.26. The van der Waals surface area contributed by atoms with Gasteiger partial charge in [-0.05, 0) is 18.8 Å². The van der Waals surface area contributed by atoms with Gasteiger partial charge in [-0.25, -0.2) is 10.1 Å². The van der Waals surface area contributed by atoms with Gasteiger partial charge in [0.05, 0.1) is 6.61 Å². The molecule has 0 spiro atoms. The first kappa shape index (κ1) is 5.03. The molecule has 7 heavy (non-hydrogen) atoms. The summed E-state index contributed by atoms with van der Waals surface area (Å²) >= 11 is 0. The van der Waals surface area contributed by atoms with Gasteiger partial charge in [0.25, 0.3) is 0 Å². The highest BCUT2D eigenvalue weighted by molar-refractivity contribution is 4.71. The summed E-state index contributed by atoms with van der Waals surface area (Å²) < 4.78 is 0. The Morgan fingerprint density at radius 2 is 2.29 bits per heavy atom. The lowest BCUT2D eigenvalue weighted by molar-refractivity contribution is -0.491. The molecule has 0 bridgehead atoms. The van der Waals surface area contributed by atoms with Crippen LogP contribution >= 0.6 is 0 Å². The highest BCUT2D eigenvalue weighted by atomic mass is 17.5. The molecule has 1 fully saturated rings. The number of rotatable bonds is 3. The lowest BCUT2D eigenvalue weighted by atomic mass is 10.5. The minimum absolute atomic E-state index is 0.538. The average molecular weight is 104 g/mol. The molecule has 0 amide bonds. The topological polar surface area (TPSA) is 38.7 Å². The third-order valence-electron chi connectivity index (χ3n) is 1.05. The van der Waals surface area contributed by atoms with Crippen LogP contribution in [0.1, 0.15) is 12.8 Å². The molecule has 1 saturated carbocycles. The number of hydrogen-bond acceptors (Lipinski definition) is 3. The fourth-order valence-corrected chi connectivity index (χ4v) is 0.411. The lowest BCUT2D eigenvalue weighted by Gasteiger charge is -1.90. The second-order valence-corrected chi connectivity index (χ2v) is 1.80. The largest absolute Gasteiger partial charge is 0.221 e. The normalized spacial score (nSPS) is 20.1. The van der Waals surface area contributed by atoms with Gasteiger partial charge >= 0.3 is 0 Å². The summed E-state index contributed by atoms with van der Waals surface area (Å²) in [6.07, 6.45) is 2.42. The molecule has 3 nitrogen and oxygen atoms in total. The minimum Gasteiger partial charge on any atom is -0.221 e. The highest BCUT2D eigenvalue weighted by Gasteiger charge is 2.21. The van der Waals surface area contributed by atoms with Gasteiger partial charge in [-0.2, -0.15) is 0 Å². The molecule has 1 N–H and O–H groups in total. The van der Waals surface area contributed by atoms with Crippen LogP contribution in [-0.2, 0) is 9.93 Å². The average Bonchev–Trinajstić information content (AvgIpc) is 2.42. The van der Waals surface area contributed by atoms with Crippen molar-refractivity contribution in [1.82, 2.24) is 0 Å². The van der Waals surface area contributed by atoms with E-state index in [1.54, 1.807) is 0 Å². The molecule has 0 aromatic rings. The smallest absolute Gasteiger partial charge is 0.0881 e. The van der Waals surface area contributed by atoms with E-state index in [0.29, 0.717) is 12.5 Å². The summed E-state index contributed by atoms with van der Waals surface area (Å²) in [5.74, 6) is 0.646. The fourth-order valence-electron chi connectivity index (χ4n) is 0.411. The monoisotopic (exact) mass is 104 g/mol. The van der Waals surface area contributed by atoms with Crippen molar-refractivity contribution in [3.63, 3.8) is 0 Å². The summed E-state index contributed by atoms with van der Waals surface area (Å²) in [4.78, 5) is 4.21. The zero-order valence-corrected chi connectivity index (χ0v) is 3.96. The Balaban J connectivity index is 1.80. The van der Waals surface area contributed by atoms with Gasteiger partial charge in [-0.15, -0.1) is 0 Å². The van der Waals surface area contributed by atoms with Crippen molar-refractivity contribution in [3.05, 3.63) is 0 Å². The van der Waals surface area contributed by atoms with Crippen LogP contribution in [0.2, 0.25) is 0 Å². The molecule has 1 aliphatic carbocycles. The molecule has 0 aliphatic heterocycles. The Labute approximate surface area is 41.7 Å². The van der Waals surface area contributed by atoms with Gasteiger partial charge in [0.1, 0.15) is 0 Å². The van der Waals surface area contributed by atoms with E-state index in [1.807, 2.05) is 0 Å². The molecule has 0 aromatic heterocycles. The van der Waals surface area contributed by atoms with Crippen LogP contribution in [0.15, 0.2) is 0 Å². The van der Waals surface area contributed by atoms with Gasteiger partial charge in [-0.1, -0.05) is 5.04 Å². The Hall–Kier alpha value is -0.120. The Morgan fingerprint density at radius 3 is 2.71 bits per heavy atom. The first-order chi connectivity index (χ1) is 3.43. The predicted molar refractivity (Wildman–Crippen MR) is 22.4 cm³/mol. The van der Waals surface area contributed by atoms with Crippen LogP contribution in [0.25, 0.3) is 0 Å². The summed E-state index contributed by atoms with van der Waals surface area (Å²) in [5, 5.41) is 11.0. The van der Waals surface area contributed by atoms with Gasteiger partial charge in [0, 0.05) is 0 Å². The van der Waals surface area contributed by atoms with Crippen molar-refractivity contribution in [2.45, 2.75) is 12.8 Å². The molecule has 0 aromatic carbocycles. The van der Waals surface area contributed by atoms with Crippen molar-refractivity contribution in [1.29, 1.82) is 0 Å². The summed E-state index contributed by atoms with van der Waals surface area (Å²) in [6.45, 7) is 0.538. The zero-order chi connectivity index (χ0) is 5.11. The van der Waals surface area contributed by atoms with Crippen LogP contribution < -0.4 is 0 Å². The van der Waals surface area contributed by atoms with Crippen molar-refractivity contribution in [3.8, 4) is 0 Å². The highest BCUT2D eigenvalue weighted by Crippen LogP contribution is 2.28. The molecule has 0 atom stereocenters. The van der Waals surface area contributed by atoms with E-state index >= 15 is 0 Å². The van der Waals surface area contributed by atoms with Crippen molar-refractivity contribution in [2.24, 2.45) is 5.92 Å². The molecular weight excluding hydrogens is 96.0 g/mol. The van der Waals surface area contributed by atoms with Gasteiger partial charge in [0.15, 0.2) is 0 Å². The van der Waals surface area contributed by atoms with Crippen LogP contribution in [-0.4, -0.2) is 11.9 Å². The Bertz CT molecular complexity index is 50.9. The van der Waals surface area contributed by atoms with Crippen LogP contribution in [0, 0.1) is 5.92 Å². The molecule has 0 unspecified atom stereocenters. The molecule has 0 heterocycles. The number of hydrogen-bond donors (Lipinski definition) is 1. The van der Waals surface area contributed by atoms with Crippen LogP contribution in [0.5, 0.6) is 0 Å². The van der Waals surface area contributed by atoms with Crippen LogP contribution in [0.3, 0.4) is 0 Å². The molecule has 1 rings (SSSR count). The molecule has 42 valence electrons. The summed E-state index contributed by atoms with van der Waals surface area (Å²) in [5.41, 5.74) is 0. The van der Waals surface area contributed by atoms with Gasteiger partial charge in [-0.3, -0.25) is 0 Å². The Morgan fingerprint density at radius 1 is 1.57 bits per heavy atom. The van der Waals surface area contributed by atoms with Crippen molar-refractivity contribution >= 4 is 0 Å². The minimum atomic E-state index is 0.538. The van der Waals surface area contributed by atoms with E-state index in [4.69, 9.17) is 5.26 Å². The maximum atomic E-state index is 7.62. The van der Waals surface area contributed by atoms with Gasteiger partial charge in [0.2, 0.25) is 0 Å². The fraction of sp³-hybridized carbons (Fsp3) is 1.00. The maximum Gasteiger partial charge on any atom is 0.0881 e. The Kier molecular flexibility index (Phi) is 1.62. The van der Waals surface area contributed by atoms with E-state index in [-0.39, 0.29) is 0 Å². The van der Waals surface area contributed by atoms with E-state index < -0.39 is 0 Å². The third kappa shape index (κ3) is 1.87. The van der Waals surface area contributed by atoms with E-state index in [2.05, 4.69) is 9.93 Å². The zero-order valence-electron chi connectivity index (χ0n) is 3.96. The second-order valence-electron chi connectivity index (χ2n) is 1.80. The third-order valence-corrected chi connectivity index (χ3v) is 1.05. The van der Waals surface area contributed by atoms with Crippen molar-refractivity contribution in [2.75, 3.05) is 6.61 Å². The lowest BCUT2D eigenvalue weighted by Crippen LogP contribution is -1.93. The molecular formula is C4H8O3.